The Hall–Kier alpha value is -0.570. The smallest absolute Gasteiger partial charge is 0.334 e. The number of ether oxygens (including phenoxy) is 2. The van der Waals surface area contributed by atoms with Crippen molar-refractivity contribution in [1.82, 2.24) is 0 Å². The van der Waals surface area contributed by atoms with E-state index in [2.05, 4.69) is 11.7 Å². The van der Waals surface area contributed by atoms with Gasteiger partial charge in [0, 0.05) is 7.11 Å². The average molecular weight is 188 g/mol. The van der Waals surface area contributed by atoms with Crippen LogP contribution >= 0.6 is 0 Å². The summed E-state index contributed by atoms with van der Waals surface area (Å²) < 4.78 is 9.60. The lowest BCUT2D eigenvalue weighted by Crippen LogP contribution is -2.24. The highest BCUT2D eigenvalue weighted by atomic mass is 16.6. The molecule has 0 amide bonds. The Morgan fingerprint density at radius 3 is 2.38 bits per heavy atom. The minimum absolute atomic E-state index is 0.265. The molecule has 0 aromatic carbocycles. The Labute approximate surface area is 80.4 Å². The number of methoxy groups -OCH3 is 2. The van der Waals surface area contributed by atoms with Gasteiger partial charge in [-0.05, 0) is 6.42 Å². The van der Waals surface area contributed by atoms with E-state index in [-0.39, 0.29) is 12.1 Å². The van der Waals surface area contributed by atoms with Crippen molar-refractivity contribution in [3.63, 3.8) is 0 Å². The first kappa shape index (κ1) is 12.4. The van der Waals surface area contributed by atoms with Gasteiger partial charge in [0.2, 0.25) is 0 Å². The van der Waals surface area contributed by atoms with Gasteiger partial charge < -0.3 is 9.47 Å². The first-order valence-electron chi connectivity index (χ1n) is 4.86. The quantitative estimate of drug-likeness (QED) is 0.453. The van der Waals surface area contributed by atoms with Crippen LogP contribution < -0.4 is 0 Å². The second-order valence-electron chi connectivity index (χ2n) is 3.10. The molecule has 0 unspecified atom stereocenters. The van der Waals surface area contributed by atoms with Crippen molar-refractivity contribution >= 4 is 5.97 Å². The first-order valence-corrected chi connectivity index (χ1v) is 4.86. The molecule has 0 aliphatic rings. The number of carbonyl (C=O) groups excluding carboxylic acids is 1. The summed E-state index contributed by atoms with van der Waals surface area (Å²) in [4.78, 5) is 11.1. The topological polar surface area (TPSA) is 35.5 Å². The number of hydrogen-bond acceptors (Lipinski definition) is 3. The van der Waals surface area contributed by atoms with Crippen molar-refractivity contribution < 1.29 is 14.3 Å². The fraction of sp³-hybridized carbons (Fsp3) is 0.900. The number of rotatable bonds is 7. The number of carbonyl (C=O) groups is 1. The molecule has 0 fully saturated rings. The van der Waals surface area contributed by atoms with Gasteiger partial charge in [-0.3, -0.25) is 0 Å². The lowest BCUT2D eigenvalue weighted by Gasteiger charge is -2.11. The van der Waals surface area contributed by atoms with Crippen LogP contribution in [0.1, 0.15) is 39.0 Å². The third kappa shape index (κ3) is 5.64. The summed E-state index contributed by atoms with van der Waals surface area (Å²) in [7, 11) is 2.93. The Kier molecular flexibility index (Phi) is 7.69. The summed E-state index contributed by atoms with van der Waals surface area (Å²) in [6.07, 6.45) is 5.01. The van der Waals surface area contributed by atoms with Gasteiger partial charge in [0.1, 0.15) is 0 Å². The monoisotopic (exact) mass is 188 g/mol. The van der Waals surface area contributed by atoms with Crippen LogP contribution in [0.3, 0.4) is 0 Å². The molecule has 3 nitrogen and oxygen atoms in total. The molecule has 0 rings (SSSR count). The second-order valence-corrected chi connectivity index (χ2v) is 3.10. The van der Waals surface area contributed by atoms with Crippen LogP contribution in [0.2, 0.25) is 0 Å². The van der Waals surface area contributed by atoms with Gasteiger partial charge in [0.15, 0.2) is 6.10 Å². The summed E-state index contributed by atoms with van der Waals surface area (Å²) in [5.74, 6) is -0.265. The van der Waals surface area contributed by atoms with E-state index in [4.69, 9.17) is 4.74 Å². The van der Waals surface area contributed by atoms with Crippen LogP contribution in [-0.4, -0.2) is 26.3 Å². The molecule has 0 aliphatic carbocycles. The summed E-state index contributed by atoms with van der Waals surface area (Å²) in [6, 6.07) is 0. The van der Waals surface area contributed by atoms with Crippen LogP contribution in [-0.2, 0) is 14.3 Å². The molecule has 0 N–H and O–H groups in total. The molecule has 0 radical (unpaired) electrons. The molecule has 0 aromatic rings. The Morgan fingerprint density at radius 2 is 1.92 bits per heavy atom. The van der Waals surface area contributed by atoms with Gasteiger partial charge in [0.25, 0.3) is 0 Å². The average Bonchev–Trinajstić information content (AvgIpc) is 2.17. The number of hydrogen-bond donors (Lipinski definition) is 0. The van der Waals surface area contributed by atoms with Gasteiger partial charge in [-0.2, -0.15) is 0 Å². The minimum atomic E-state index is -0.373. The molecule has 3 heteroatoms. The zero-order chi connectivity index (χ0) is 10.1. The van der Waals surface area contributed by atoms with Gasteiger partial charge in [-0.25, -0.2) is 4.79 Å². The van der Waals surface area contributed by atoms with E-state index in [0.29, 0.717) is 0 Å². The minimum Gasteiger partial charge on any atom is -0.467 e. The molecule has 78 valence electrons. The lowest BCUT2D eigenvalue weighted by molar-refractivity contribution is -0.152. The Morgan fingerprint density at radius 1 is 1.23 bits per heavy atom. The molecule has 0 aromatic heterocycles. The van der Waals surface area contributed by atoms with E-state index in [1.807, 2.05) is 0 Å². The normalized spacial score (nSPS) is 12.5. The summed E-state index contributed by atoms with van der Waals surface area (Å²) in [5.41, 5.74) is 0. The number of unbranched alkanes of at least 4 members (excludes halogenated alkanes) is 3. The molecular formula is C10H20O3. The predicted octanol–water partition coefficient (Wildman–Crippen LogP) is 2.14. The van der Waals surface area contributed by atoms with Crippen LogP contribution in [0, 0.1) is 0 Å². The summed E-state index contributed by atoms with van der Waals surface area (Å²) >= 11 is 0. The standard InChI is InChI=1S/C10H20O3/c1-4-5-6-7-8-9(12-2)10(11)13-3/h9H,4-8H2,1-3H3/t9-/m0/s1. The third-order valence-corrected chi connectivity index (χ3v) is 2.07. The first-order chi connectivity index (χ1) is 6.26. The Bertz CT molecular complexity index is 134. The Balaban J connectivity index is 3.53. The molecule has 0 saturated heterocycles. The largest absolute Gasteiger partial charge is 0.467 e. The van der Waals surface area contributed by atoms with Crippen molar-refractivity contribution in [2.24, 2.45) is 0 Å². The molecule has 0 aliphatic heterocycles. The molecular weight excluding hydrogens is 168 g/mol. The maximum absolute atomic E-state index is 11.1. The van der Waals surface area contributed by atoms with Crippen LogP contribution in [0.5, 0.6) is 0 Å². The number of esters is 1. The van der Waals surface area contributed by atoms with Gasteiger partial charge in [-0.1, -0.05) is 32.6 Å². The molecule has 1 atom stereocenters. The van der Waals surface area contributed by atoms with Crippen LogP contribution in [0.25, 0.3) is 0 Å². The van der Waals surface area contributed by atoms with Crippen LogP contribution in [0.15, 0.2) is 0 Å². The van der Waals surface area contributed by atoms with Crippen molar-refractivity contribution in [1.29, 1.82) is 0 Å². The highest BCUT2D eigenvalue weighted by Crippen LogP contribution is 2.08. The molecule has 0 saturated carbocycles. The van der Waals surface area contributed by atoms with E-state index >= 15 is 0 Å². The zero-order valence-corrected chi connectivity index (χ0v) is 8.84. The molecule has 13 heavy (non-hydrogen) atoms. The van der Waals surface area contributed by atoms with E-state index in [9.17, 15) is 4.79 Å². The maximum atomic E-state index is 11.1. The molecule has 0 bridgehead atoms. The fourth-order valence-corrected chi connectivity index (χ4v) is 1.22. The van der Waals surface area contributed by atoms with Crippen molar-refractivity contribution in [2.75, 3.05) is 14.2 Å². The van der Waals surface area contributed by atoms with Gasteiger partial charge >= 0.3 is 5.97 Å². The second kappa shape index (κ2) is 8.05. The maximum Gasteiger partial charge on any atom is 0.334 e. The van der Waals surface area contributed by atoms with E-state index in [0.717, 1.165) is 19.3 Å². The van der Waals surface area contributed by atoms with Crippen molar-refractivity contribution in [2.45, 2.75) is 45.1 Å². The van der Waals surface area contributed by atoms with E-state index in [1.165, 1.54) is 20.0 Å². The molecule has 0 spiro atoms. The predicted molar refractivity (Wildman–Crippen MR) is 51.6 cm³/mol. The fourth-order valence-electron chi connectivity index (χ4n) is 1.22. The summed E-state index contributed by atoms with van der Waals surface area (Å²) in [6.45, 7) is 2.16. The van der Waals surface area contributed by atoms with E-state index < -0.39 is 0 Å². The van der Waals surface area contributed by atoms with Crippen molar-refractivity contribution in [3.8, 4) is 0 Å². The van der Waals surface area contributed by atoms with Crippen molar-refractivity contribution in [3.05, 3.63) is 0 Å². The highest BCUT2D eigenvalue weighted by Gasteiger charge is 2.16. The van der Waals surface area contributed by atoms with Crippen LogP contribution in [0.4, 0.5) is 0 Å². The van der Waals surface area contributed by atoms with E-state index in [1.54, 1.807) is 7.11 Å². The zero-order valence-electron chi connectivity index (χ0n) is 8.84. The highest BCUT2D eigenvalue weighted by molar-refractivity contribution is 5.74. The summed E-state index contributed by atoms with van der Waals surface area (Å²) in [5, 5.41) is 0. The SMILES string of the molecule is CCCCCC[C@H](OC)C(=O)OC. The third-order valence-electron chi connectivity index (χ3n) is 2.07. The van der Waals surface area contributed by atoms with Gasteiger partial charge in [0.05, 0.1) is 7.11 Å². The molecule has 0 heterocycles. The lowest BCUT2D eigenvalue weighted by atomic mass is 10.1. The van der Waals surface area contributed by atoms with Gasteiger partial charge in [-0.15, -0.1) is 0 Å².